The minimum atomic E-state index is -0.0874. The molecular weight excluding hydrogens is 306 g/mol. The molecule has 2 aromatic rings. The van der Waals surface area contributed by atoms with E-state index in [0.29, 0.717) is 5.89 Å². The van der Waals surface area contributed by atoms with Crippen molar-refractivity contribution in [2.24, 2.45) is 0 Å². The number of piperazine rings is 1. The van der Waals surface area contributed by atoms with Crippen molar-refractivity contribution in [2.75, 3.05) is 26.2 Å². The van der Waals surface area contributed by atoms with Crippen LogP contribution in [0.1, 0.15) is 56.9 Å². The summed E-state index contributed by atoms with van der Waals surface area (Å²) in [5, 5.41) is 8.21. The van der Waals surface area contributed by atoms with E-state index in [9.17, 15) is 0 Å². The minimum Gasteiger partial charge on any atom is -0.361 e. The first-order valence-corrected chi connectivity index (χ1v) is 8.55. The molecule has 24 heavy (non-hydrogen) atoms. The summed E-state index contributed by atoms with van der Waals surface area (Å²) in [6.45, 7) is 15.1. The van der Waals surface area contributed by atoms with Gasteiger partial charge in [0, 0.05) is 44.2 Å². The molecule has 7 heteroatoms. The van der Waals surface area contributed by atoms with Gasteiger partial charge in [0.2, 0.25) is 5.89 Å². The molecule has 1 atom stereocenters. The molecule has 1 aliphatic heterocycles. The summed E-state index contributed by atoms with van der Waals surface area (Å²) in [4.78, 5) is 9.38. The molecule has 0 N–H and O–H groups in total. The zero-order valence-corrected chi connectivity index (χ0v) is 15.2. The van der Waals surface area contributed by atoms with Gasteiger partial charge in [0.25, 0.3) is 0 Å². The maximum absolute atomic E-state index is 5.49. The average Bonchev–Trinajstić information content (AvgIpc) is 3.16. The van der Waals surface area contributed by atoms with Crippen molar-refractivity contribution in [3.05, 3.63) is 29.2 Å². The molecule has 0 saturated carbocycles. The fraction of sp³-hybridized carbons (Fsp3) is 0.706. The Bertz CT molecular complexity index is 665. The fourth-order valence-corrected chi connectivity index (χ4v) is 2.90. The van der Waals surface area contributed by atoms with Gasteiger partial charge in [-0.05, 0) is 13.8 Å². The molecule has 0 aromatic carbocycles. The van der Waals surface area contributed by atoms with E-state index in [1.54, 1.807) is 0 Å². The Kier molecular flexibility index (Phi) is 4.73. The lowest BCUT2D eigenvalue weighted by atomic mass is 9.96. The van der Waals surface area contributed by atoms with Crippen LogP contribution < -0.4 is 0 Å². The van der Waals surface area contributed by atoms with Gasteiger partial charge in [-0.2, -0.15) is 4.98 Å². The number of hydrogen-bond acceptors (Lipinski definition) is 7. The summed E-state index contributed by atoms with van der Waals surface area (Å²) in [6.07, 6.45) is 0. The zero-order chi connectivity index (χ0) is 17.3. The minimum absolute atomic E-state index is 0.0874. The van der Waals surface area contributed by atoms with Gasteiger partial charge in [-0.1, -0.05) is 31.1 Å². The van der Waals surface area contributed by atoms with Crippen LogP contribution in [0.25, 0.3) is 0 Å². The first-order chi connectivity index (χ1) is 11.3. The van der Waals surface area contributed by atoms with Crippen LogP contribution in [0, 0.1) is 6.92 Å². The van der Waals surface area contributed by atoms with E-state index >= 15 is 0 Å². The lowest BCUT2D eigenvalue weighted by molar-refractivity contribution is 0.0833. The Morgan fingerprint density at radius 3 is 2.38 bits per heavy atom. The maximum atomic E-state index is 5.49. The third-order valence-electron chi connectivity index (χ3n) is 4.49. The van der Waals surface area contributed by atoms with Crippen molar-refractivity contribution < 1.29 is 9.05 Å². The largest absolute Gasteiger partial charge is 0.361 e. The quantitative estimate of drug-likeness (QED) is 0.851. The highest BCUT2D eigenvalue weighted by molar-refractivity contribution is 5.04. The first kappa shape index (κ1) is 17.1. The van der Waals surface area contributed by atoms with E-state index in [2.05, 4.69) is 52.8 Å². The number of aryl methyl sites for hydroxylation is 1. The highest BCUT2D eigenvalue weighted by Crippen LogP contribution is 2.24. The summed E-state index contributed by atoms with van der Waals surface area (Å²) in [7, 11) is 0. The second-order valence-corrected chi connectivity index (χ2v) is 7.62. The van der Waals surface area contributed by atoms with Crippen molar-refractivity contribution in [1.29, 1.82) is 0 Å². The van der Waals surface area contributed by atoms with Gasteiger partial charge in [-0.15, -0.1) is 0 Å². The molecule has 1 saturated heterocycles. The normalized spacial score (nSPS) is 18.9. The van der Waals surface area contributed by atoms with Gasteiger partial charge in [-0.25, -0.2) is 0 Å². The van der Waals surface area contributed by atoms with Crippen LogP contribution in [-0.2, 0) is 12.0 Å². The summed E-state index contributed by atoms with van der Waals surface area (Å²) in [5.74, 6) is 2.34. The van der Waals surface area contributed by atoms with Crippen LogP contribution in [0.3, 0.4) is 0 Å². The van der Waals surface area contributed by atoms with Crippen molar-refractivity contribution in [2.45, 2.75) is 52.6 Å². The van der Waals surface area contributed by atoms with Gasteiger partial charge >= 0.3 is 0 Å². The molecule has 0 bridgehead atoms. The second kappa shape index (κ2) is 6.64. The smallest absolute Gasteiger partial charge is 0.243 e. The van der Waals surface area contributed by atoms with Crippen LogP contribution >= 0.6 is 0 Å². The fourth-order valence-electron chi connectivity index (χ4n) is 2.90. The molecule has 2 aromatic heterocycles. The summed E-state index contributed by atoms with van der Waals surface area (Å²) < 4.78 is 10.6. The van der Waals surface area contributed by atoms with E-state index < -0.39 is 0 Å². The number of aromatic nitrogens is 3. The topological polar surface area (TPSA) is 71.4 Å². The summed E-state index contributed by atoms with van der Waals surface area (Å²) >= 11 is 0. The Balaban J connectivity index is 1.55. The van der Waals surface area contributed by atoms with E-state index in [-0.39, 0.29) is 11.5 Å². The number of nitrogens with zero attached hydrogens (tertiary/aromatic N) is 5. The van der Waals surface area contributed by atoms with Gasteiger partial charge in [0.15, 0.2) is 5.82 Å². The Morgan fingerprint density at radius 2 is 1.83 bits per heavy atom. The second-order valence-electron chi connectivity index (χ2n) is 7.62. The van der Waals surface area contributed by atoms with Crippen LogP contribution in [-0.4, -0.2) is 51.3 Å². The predicted octanol–water partition coefficient (Wildman–Crippen LogP) is 2.54. The van der Waals surface area contributed by atoms with Gasteiger partial charge in [-0.3, -0.25) is 9.80 Å². The monoisotopic (exact) mass is 333 g/mol. The molecule has 1 aliphatic rings. The molecule has 7 nitrogen and oxygen atoms in total. The van der Waals surface area contributed by atoms with Gasteiger partial charge in [0.1, 0.15) is 5.76 Å². The zero-order valence-electron chi connectivity index (χ0n) is 15.2. The van der Waals surface area contributed by atoms with E-state index in [1.165, 1.54) is 0 Å². The SMILES string of the molecule is Cc1cc(CN2CCN([C@H](C)c3nc(C(C)(C)C)no3)CC2)no1. The van der Waals surface area contributed by atoms with E-state index in [4.69, 9.17) is 9.05 Å². The van der Waals surface area contributed by atoms with Gasteiger partial charge < -0.3 is 9.05 Å². The van der Waals surface area contributed by atoms with Crippen molar-refractivity contribution in [1.82, 2.24) is 25.1 Å². The summed E-state index contributed by atoms with van der Waals surface area (Å²) in [5.41, 5.74) is 0.913. The predicted molar refractivity (Wildman–Crippen MR) is 89.5 cm³/mol. The third-order valence-corrected chi connectivity index (χ3v) is 4.49. The lowest BCUT2D eigenvalue weighted by Crippen LogP contribution is -2.46. The molecule has 0 amide bonds. The molecule has 3 rings (SSSR count). The lowest BCUT2D eigenvalue weighted by Gasteiger charge is -2.36. The highest BCUT2D eigenvalue weighted by Gasteiger charge is 2.28. The van der Waals surface area contributed by atoms with Crippen molar-refractivity contribution in [3.8, 4) is 0 Å². The Labute approximate surface area is 143 Å². The summed E-state index contributed by atoms with van der Waals surface area (Å²) in [6, 6.07) is 2.15. The highest BCUT2D eigenvalue weighted by atomic mass is 16.5. The Morgan fingerprint density at radius 1 is 1.12 bits per heavy atom. The molecule has 132 valence electrons. The van der Waals surface area contributed by atoms with E-state index in [1.807, 2.05) is 13.0 Å². The van der Waals surface area contributed by atoms with Crippen LogP contribution in [0.2, 0.25) is 0 Å². The number of rotatable bonds is 4. The molecule has 0 radical (unpaired) electrons. The van der Waals surface area contributed by atoms with E-state index in [0.717, 1.165) is 50.0 Å². The molecule has 0 unspecified atom stereocenters. The third kappa shape index (κ3) is 3.84. The van der Waals surface area contributed by atoms with Crippen LogP contribution in [0.5, 0.6) is 0 Å². The molecule has 1 fully saturated rings. The molecule has 0 spiro atoms. The molecule has 3 heterocycles. The van der Waals surface area contributed by atoms with Gasteiger partial charge in [0.05, 0.1) is 11.7 Å². The van der Waals surface area contributed by atoms with Crippen molar-refractivity contribution in [3.63, 3.8) is 0 Å². The van der Waals surface area contributed by atoms with Crippen molar-refractivity contribution >= 4 is 0 Å². The average molecular weight is 333 g/mol. The first-order valence-electron chi connectivity index (χ1n) is 8.55. The standard InChI is InChI=1S/C17H27N5O2/c1-12-10-14(19-23-12)11-21-6-8-22(9-7-21)13(2)15-18-16(20-24-15)17(3,4)5/h10,13H,6-9,11H2,1-5H3/t13-/m1/s1. The molecular formula is C17H27N5O2. The molecule has 0 aliphatic carbocycles. The maximum Gasteiger partial charge on any atom is 0.243 e. The van der Waals surface area contributed by atoms with Crippen LogP contribution in [0.4, 0.5) is 0 Å². The number of hydrogen-bond donors (Lipinski definition) is 0. The van der Waals surface area contributed by atoms with Crippen LogP contribution in [0.15, 0.2) is 15.1 Å². The Hall–Kier alpha value is -1.73.